The van der Waals surface area contributed by atoms with Crippen LogP contribution in [0.3, 0.4) is 0 Å². The molecule has 0 heterocycles. The van der Waals surface area contributed by atoms with Crippen LogP contribution in [0.15, 0.2) is 67.3 Å². The zero-order valence-corrected chi connectivity index (χ0v) is 9.41. The van der Waals surface area contributed by atoms with Crippen molar-refractivity contribution in [3.8, 4) is 16.9 Å². The topological polar surface area (TPSA) is 29.5 Å². The van der Waals surface area contributed by atoms with E-state index in [2.05, 4.69) is 6.58 Å². The van der Waals surface area contributed by atoms with Crippen molar-refractivity contribution in [1.82, 2.24) is 0 Å². The molecule has 0 aromatic heterocycles. The SMILES string of the molecule is C=CC(O)Oc1ccccc1-c1ccccc1. The Balaban J connectivity index is 2.37. The van der Waals surface area contributed by atoms with Crippen LogP contribution in [0.5, 0.6) is 5.75 Å². The molecule has 2 nitrogen and oxygen atoms in total. The van der Waals surface area contributed by atoms with Gasteiger partial charge >= 0.3 is 0 Å². The lowest BCUT2D eigenvalue weighted by Gasteiger charge is -2.13. The molecule has 1 unspecified atom stereocenters. The van der Waals surface area contributed by atoms with Gasteiger partial charge < -0.3 is 9.84 Å². The summed E-state index contributed by atoms with van der Waals surface area (Å²) in [7, 11) is 0. The Kier molecular flexibility index (Phi) is 3.58. The third kappa shape index (κ3) is 2.74. The van der Waals surface area contributed by atoms with Crippen LogP contribution in [-0.2, 0) is 0 Å². The minimum atomic E-state index is -0.986. The quantitative estimate of drug-likeness (QED) is 0.640. The van der Waals surface area contributed by atoms with E-state index < -0.39 is 6.29 Å². The molecular weight excluding hydrogens is 212 g/mol. The lowest BCUT2D eigenvalue weighted by atomic mass is 10.1. The lowest BCUT2D eigenvalue weighted by molar-refractivity contribution is 0.0255. The number of ether oxygens (including phenoxy) is 1. The zero-order chi connectivity index (χ0) is 12.1. The second-order valence-corrected chi connectivity index (χ2v) is 3.61. The molecule has 0 spiro atoms. The largest absolute Gasteiger partial charge is 0.461 e. The highest BCUT2D eigenvalue weighted by molar-refractivity contribution is 5.70. The minimum Gasteiger partial charge on any atom is -0.461 e. The fourth-order valence-corrected chi connectivity index (χ4v) is 1.60. The molecule has 1 atom stereocenters. The summed E-state index contributed by atoms with van der Waals surface area (Å²) in [6.07, 6.45) is 0.363. The smallest absolute Gasteiger partial charge is 0.217 e. The van der Waals surface area contributed by atoms with Gasteiger partial charge in [0.05, 0.1) is 0 Å². The molecule has 2 aromatic carbocycles. The van der Waals surface area contributed by atoms with E-state index in [1.54, 1.807) is 0 Å². The highest BCUT2D eigenvalue weighted by atomic mass is 16.6. The molecule has 17 heavy (non-hydrogen) atoms. The van der Waals surface area contributed by atoms with Crippen LogP contribution in [0.1, 0.15) is 0 Å². The average Bonchev–Trinajstić information content (AvgIpc) is 2.40. The van der Waals surface area contributed by atoms with Crippen molar-refractivity contribution in [2.24, 2.45) is 0 Å². The van der Waals surface area contributed by atoms with Crippen molar-refractivity contribution in [1.29, 1.82) is 0 Å². The number of para-hydroxylation sites is 1. The van der Waals surface area contributed by atoms with Crippen molar-refractivity contribution in [2.75, 3.05) is 0 Å². The molecule has 0 aliphatic heterocycles. The number of aliphatic hydroxyl groups is 1. The van der Waals surface area contributed by atoms with E-state index in [1.165, 1.54) is 6.08 Å². The molecule has 0 radical (unpaired) electrons. The molecule has 2 aromatic rings. The van der Waals surface area contributed by atoms with E-state index in [0.717, 1.165) is 11.1 Å². The monoisotopic (exact) mass is 226 g/mol. The van der Waals surface area contributed by atoms with Crippen molar-refractivity contribution < 1.29 is 9.84 Å². The van der Waals surface area contributed by atoms with Crippen molar-refractivity contribution >= 4 is 0 Å². The van der Waals surface area contributed by atoms with Crippen LogP contribution in [0.25, 0.3) is 11.1 Å². The van der Waals surface area contributed by atoms with Gasteiger partial charge in [-0.2, -0.15) is 0 Å². The van der Waals surface area contributed by atoms with Gasteiger partial charge in [0.15, 0.2) is 0 Å². The Morgan fingerprint density at radius 1 is 1.00 bits per heavy atom. The molecule has 0 amide bonds. The van der Waals surface area contributed by atoms with Crippen LogP contribution >= 0.6 is 0 Å². The first-order chi connectivity index (χ1) is 8.31. The van der Waals surface area contributed by atoms with E-state index in [9.17, 15) is 5.11 Å². The molecule has 2 rings (SSSR count). The highest BCUT2D eigenvalue weighted by Gasteiger charge is 2.07. The summed E-state index contributed by atoms with van der Waals surface area (Å²) in [5, 5.41) is 9.44. The summed E-state index contributed by atoms with van der Waals surface area (Å²) in [6, 6.07) is 17.5. The predicted octanol–water partition coefficient (Wildman–Crippen LogP) is 3.24. The highest BCUT2D eigenvalue weighted by Crippen LogP contribution is 2.29. The third-order valence-corrected chi connectivity index (χ3v) is 2.42. The predicted molar refractivity (Wildman–Crippen MR) is 68.7 cm³/mol. The third-order valence-electron chi connectivity index (χ3n) is 2.42. The van der Waals surface area contributed by atoms with E-state index in [0.29, 0.717) is 5.75 Å². The second kappa shape index (κ2) is 5.32. The van der Waals surface area contributed by atoms with Gasteiger partial charge in [0, 0.05) is 5.56 Å². The fourth-order valence-electron chi connectivity index (χ4n) is 1.60. The van der Waals surface area contributed by atoms with Crippen LogP contribution < -0.4 is 4.74 Å². The van der Waals surface area contributed by atoms with Gasteiger partial charge in [0.2, 0.25) is 6.29 Å². The number of benzene rings is 2. The first-order valence-electron chi connectivity index (χ1n) is 5.43. The summed E-state index contributed by atoms with van der Waals surface area (Å²) in [5.41, 5.74) is 2.01. The lowest BCUT2D eigenvalue weighted by Crippen LogP contribution is -2.11. The van der Waals surface area contributed by atoms with Gasteiger partial charge in [-0.1, -0.05) is 55.1 Å². The van der Waals surface area contributed by atoms with Crippen LogP contribution in [0, 0.1) is 0 Å². The van der Waals surface area contributed by atoms with Gasteiger partial charge in [0.25, 0.3) is 0 Å². The molecule has 0 aliphatic carbocycles. The molecule has 2 heteroatoms. The van der Waals surface area contributed by atoms with Crippen LogP contribution in [0.2, 0.25) is 0 Å². The van der Waals surface area contributed by atoms with E-state index in [-0.39, 0.29) is 0 Å². The molecular formula is C15H14O2. The Bertz CT molecular complexity index is 491. The number of aliphatic hydroxyl groups excluding tert-OH is 1. The Morgan fingerprint density at radius 3 is 2.35 bits per heavy atom. The molecule has 1 N–H and O–H groups in total. The molecule has 0 aliphatic rings. The summed E-state index contributed by atoms with van der Waals surface area (Å²) in [6.45, 7) is 3.48. The zero-order valence-electron chi connectivity index (χ0n) is 9.41. The Morgan fingerprint density at radius 2 is 1.65 bits per heavy atom. The normalized spacial score (nSPS) is 11.8. The summed E-state index contributed by atoms with van der Waals surface area (Å²) < 4.78 is 5.39. The molecule has 86 valence electrons. The Labute approximate surface area is 101 Å². The maximum absolute atomic E-state index is 9.44. The van der Waals surface area contributed by atoms with Crippen molar-refractivity contribution in [3.05, 3.63) is 67.3 Å². The van der Waals surface area contributed by atoms with Gasteiger partial charge in [-0.25, -0.2) is 0 Å². The number of rotatable bonds is 4. The maximum atomic E-state index is 9.44. The van der Waals surface area contributed by atoms with Crippen molar-refractivity contribution in [3.63, 3.8) is 0 Å². The second-order valence-electron chi connectivity index (χ2n) is 3.61. The van der Waals surface area contributed by atoms with Crippen LogP contribution in [0.4, 0.5) is 0 Å². The average molecular weight is 226 g/mol. The van der Waals surface area contributed by atoms with E-state index >= 15 is 0 Å². The van der Waals surface area contributed by atoms with Crippen molar-refractivity contribution in [2.45, 2.75) is 6.29 Å². The number of hydrogen-bond donors (Lipinski definition) is 1. The van der Waals surface area contributed by atoms with Crippen LogP contribution in [-0.4, -0.2) is 11.4 Å². The minimum absolute atomic E-state index is 0.645. The maximum Gasteiger partial charge on any atom is 0.217 e. The van der Waals surface area contributed by atoms with Gasteiger partial charge in [0.1, 0.15) is 5.75 Å². The molecule has 0 bridgehead atoms. The van der Waals surface area contributed by atoms with E-state index in [1.807, 2.05) is 54.6 Å². The Hall–Kier alpha value is -2.06. The molecule has 0 saturated carbocycles. The summed E-state index contributed by atoms with van der Waals surface area (Å²) in [5.74, 6) is 0.645. The first kappa shape index (κ1) is 11.4. The van der Waals surface area contributed by atoms with Gasteiger partial charge in [-0.05, 0) is 17.7 Å². The first-order valence-corrected chi connectivity index (χ1v) is 5.43. The van der Waals surface area contributed by atoms with E-state index in [4.69, 9.17) is 4.74 Å². The number of hydrogen-bond acceptors (Lipinski definition) is 2. The molecule has 0 fully saturated rings. The fraction of sp³-hybridized carbons (Fsp3) is 0.0667. The summed E-state index contributed by atoms with van der Waals surface area (Å²) >= 11 is 0. The van der Waals surface area contributed by atoms with Gasteiger partial charge in [-0.15, -0.1) is 0 Å². The van der Waals surface area contributed by atoms with Gasteiger partial charge in [-0.3, -0.25) is 0 Å². The standard InChI is InChI=1S/C15H14O2/c1-2-15(16)17-14-11-7-6-10-13(14)12-8-4-3-5-9-12/h2-11,15-16H,1H2. The summed E-state index contributed by atoms with van der Waals surface area (Å²) in [4.78, 5) is 0. The molecule has 0 saturated heterocycles.